The molecule has 2 aromatic rings. The van der Waals surface area contributed by atoms with Gasteiger partial charge in [-0.3, -0.25) is 9.59 Å². The summed E-state index contributed by atoms with van der Waals surface area (Å²) >= 11 is 0. The van der Waals surface area contributed by atoms with E-state index in [-0.39, 0.29) is 11.7 Å². The Balaban J connectivity index is 1.49. The minimum atomic E-state index is -0.240. The first-order chi connectivity index (χ1) is 12.7. The van der Waals surface area contributed by atoms with Gasteiger partial charge in [-0.2, -0.15) is 0 Å². The number of hydrogen-bond acceptors (Lipinski definition) is 4. The van der Waals surface area contributed by atoms with E-state index in [9.17, 15) is 14.0 Å². The van der Waals surface area contributed by atoms with E-state index < -0.39 is 0 Å². The lowest BCUT2D eigenvalue weighted by Crippen LogP contribution is -2.48. The third-order valence-electron chi connectivity index (χ3n) is 4.39. The van der Waals surface area contributed by atoms with Crippen molar-refractivity contribution in [1.82, 2.24) is 14.8 Å². The molecule has 1 N–H and O–H groups in total. The molecule has 2 amide bonds. The van der Waals surface area contributed by atoms with Gasteiger partial charge < -0.3 is 15.1 Å². The van der Waals surface area contributed by atoms with Gasteiger partial charge in [-0.1, -0.05) is 12.1 Å². The normalized spacial score (nSPS) is 14.2. The quantitative estimate of drug-likeness (QED) is 0.802. The lowest BCUT2D eigenvalue weighted by molar-refractivity contribution is -0.119. The molecule has 0 saturated carbocycles. The Kier molecular flexibility index (Phi) is 5.78. The average Bonchev–Trinajstić information content (AvgIpc) is 2.69. The third-order valence-corrected chi connectivity index (χ3v) is 4.39. The molecule has 2 heterocycles. The van der Waals surface area contributed by atoms with E-state index >= 15 is 0 Å². The highest BCUT2D eigenvalue weighted by molar-refractivity contribution is 5.94. The third kappa shape index (κ3) is 4.56. The van der Waals surface area contributed by atoms with Crippen LogP contribution in [0.4, 0.5) is 10.2 Å². The second-order valence-electron chi connectivity index (χ2n) is 6.17. The maximum atomic E-state index is 12.9. The fraction of sp³-hybridized carbons (Fsp3) is 0.316. The summed E-state index contributed by atoms with van der Waals surface area (Å²) in [5.41, 5.74) is 1.58. The van der Waals surface area contributed by atoms with Crippen molar-refractivity contribution in [3.05, 3.63) is 59.5 Å². The number of hydrogen-bond donors (Lipinski definition) is 1. The number of nitrogens with zero attached hydrogens (tertiary/aromatic N) is 3. The van der Waals surface area contributed by atoms with Gasteiger partial charge in [-0.25, -0.2) is 9.37 Å². The van der Waals surface area contributed by atoms with Crippen LogP contribution in [-0.4, -0.2) is 59.8 Å². The van der Waals surface area contributed by atoms with Crippen LogP contribution in [0.2, 0.25) is 0 Å². The Morgan fingerprint density at radius 2 is 1.85 bits per heavy atom. The number of halogens is 1. The van der Waals surface area contributed by atoms with Crippen molar-refractivity contribution in [1.29, 1.82) is 0 Å². The fourth-order valence-corrected chi connectivity index (χ4v) is 2.82. The first-order valence-electron chi connectivity index (χ1n) is 8.59. The van der Waals surface area contributed by atoms with Gasteiger partial charge in [0.1, 0.15) is 11.6 Å². The molecule has 26 heavy (non-hydrogen) atoms. The summed E-state index contributed by atoms with van der Waals surface area (Å²) < 4.78 is 12.9. The zero-order valence-corrected chi connectivity index (χ0v) is 14.4. The van der Waals surface area contributed by atoms with Crippen LogP contribution in [0.5, 0.6) is 0 Å². The molecule has 1 aromatic carbocycles. The van der Waals surface area contributed by atoms with Gasteiger partial charge in [0.15, 0.2) is 0 Å². The van der Waals surface area contributed by atoms with Crippen LogP contribution in [0.1, 0.15) is 15.9 Å². The summed E-state index contributed by atoms with van der Waals surface area (Å²) in [7, 11) is 0. The van der Waals surface area contributed by atoms with Gasteiger partial charge in [0.05, 0.1) is 5.56 Å². The van der Waals surface area contributed by atoms with Crippen molar-refractivity contribution in [2.24, 2.45) is 0 Å². The topological polar surface area (TPSA) is 65.5 Å². The van der Waals surface area contributed by atoms with Gasteiger partial charge in [-0.05, 0) is 36.2 Å². The van der Waals surface area contributed by atoms with Crippen LogP contribution in [0.3, 0.4) is 0 Å². The van der Waals surface area contributed by atoms with Crippen LogP contribution in [0, 0.1) is 5.82 Å². The molecule has 136 valence electrons. The molecule has 6 nitrogen and oxygen atoms in total. The van der Waals surface area contributed by atoms with Crippen molar-refractivity contribution in [2.75, 3.05) is 38.0 Å². The van der Waals surface area contributed by atoms with Gasteiger partial charge >= 0.3 is 0 Å². The minimum Gasteiger partial charge on any atom is -0.370 e. The number of carbonyl (C=O) groups is 2. The van der Waals surface area contributed by atoms with E-state index in [1.54, 1.807) is 40.3 Å². The van der Waals surface area contributed by atoms with Crippen LogP contribution in [0.15, 0.2) is 42.6 Å². The number of carbonyl (C=O) groups excluding carboxylic acids is 2. The van der Waals surface area contributed by atoms with Crippen molar-refractivity contribution in [3.63, 3.8) is 0 Å². The number of amides is 2. The molecule has 0 atom stereocenters. The number of pyridine rings is 1. The van der Waals surface area contributed by atoms with Crippen LogP contribution in [-0.2, 0) is 11.2 Å². The Labute approximate surface area is 151 Å². The largest absolute Gasteiger partial charge is 0.370 e. The predicted molar refractivity (Wildman–Crippen MR) is 96.4 cm³/mol. The van der Waals surface area contributed by atoms with E-state index in [1.165, 1.54) is 12.1 Å². The lowest BCUT2D eigenvalue weighted by Gasteiger charge is -2.32. The van der Waals surface area contributed by atoms with Crippen LogP contribution in [0.25, 0.3) is 0 Å². The lowest BCUT2D eigenvalue weighted by atomic mass is 10.1. The summed E-state index contributed by atoms with van der Waals surface area (Å²) in [6.45, 7) is 2.86. The first-order valence-corrected chi connectivity index (χ1v) is 8.59. The van der Waals surface area contributed by atoms with Crippen molar-refractivity contribution in [2.45, 2.75) is 6.42 Å². The molecule has 0 bridgehead atoms. The number of anilines is 1. The number of benzene rings is 1. The molecule has 1 aromatic heterocycles. The minimum absolute atomic E-state index is 0.0686. The standard InChI is InChI=1S/C19H21FN4O2/c20-17-4-1-15(2-5-17)7-8-21-18-6-3-16(13-22-18)19(26)24-11-9-23(14-25)10-12-24/h1-6,13-14H,7-12H2,(H,21,22). The molecular formula is C19H21FN4O2. The zero-order chi connectivity index (χ0) is 18.4. The molecule has 0 radical (unpaired) electrons. The van der Waals surface area contributed by atoms with E-state index in [1.807, 2.05) is 0 Å². The maximum Gasteiger partial charge on any atom is 0.255 e. The highest BCUT2D eigenvalue weighted by atomic mass is 19.1. The predicted octanol–water partition coefficient (Wildman–Crippen LogP) is 1.79. The van der Waals surface area contributed by atoms with E-state index in [0.29, 0.717) is 44.1 Å². The summed E-state index contributed by atoms with van der Waals surface area (Å²) in [4.78, 5) is 30.9. The Morgan fingerprint density at radius 1 is 1.12 bits per heavy atom. The van der Waals surface area contributed by atoms with Crippen molar-refractivity contribution < 1.29 is 14.0 Å². The van der Waals surface area contributed by atoms with Gasteiger partial charge in [0.25, 0.3) is 5.91 Å². The Hall–Kier alpha value is -2.96. The van der Waals surface area contributed by atoms with Crippen LogP contribution >= 0.6 is 0 Å². The molecule has 0 aliphatic carbocycles. The number of rotatable bonds is 6. The monoisotopic (exact) mass is 356 g/mol. The maximum absolute atomic E-state index is 12.9. The second-order valence-corrected chi connectivity index (χ2v) is 6.17. The summed E-state index contributed by atoms with van der Waals surface area (Å²) in [5.74, 6) is 0.381. The van der Waals surface area contributed by atoms with E-state index in [0.717, 1.165) is 18.4 Å². The molecule has 0 unspecified atom stereocenters. The molecule has 1 aliphatic heterocycles. The molecule has 0 spiro atoms. The smallest absolute Gasteiger partial charge is 0.255 e. The summed E-state index contributed by atoms with van der Waals surface area (Å²) in [6.07, 6.45) is 3.13. The molecule has 7 heteroatoms. The second kappa shape index (κ2) is 8.42. The Morgan fingerprint density at radius 3 is 2.46 bits per heavy atom. The zero-order valence-electron chi connectivity index (χ0n) is 14.4. The Bertz CT molecular complexity index is 741. The van der Waals surface area contributed by atoms with E-state index in [2.05, 4.69) is 10.3 Å². The van der Waals surface area contributed by atoms with Crippen molar-refractivity contribution in [3.8, 4) is 0 Å². The van der Waals surface area contributed by atoms with Gasteiger partial charge in [-0.15, -0.1) is 0 Å². The SMILES string of the molecule is O=CN1CCN(C(=O)c2ccc(NCCc3ccc(F)cc3)nc2)CC1. The molecule has 3 rings (SSSR count). The number of piperazine rings is 1. The van der Waals surface area contributed by atoms with E-state index in [4.69, 9.17) is 0 Å². The van der Waals surface area contributed by atoms with Gasteiger partial charge in [0, 0.05) is 38.9 Å². The molecule has 1 fully saturated rings. The summed E-state index contributed by atoms with van der Waals surface area (Å²) in [6, 6.07) is 9.94. The average molecular weight is 356 g/mol. The molecular weight excluding hydrogens is 335 g/mol. The molecule has 1 saturated heterocycles. The summed E-state index contributed by atoms with van der Waals surface area (Å²) in [5, 5.41) is 3.19. The highest BCUT2D eigenvalue weighted by Crippen LogP contribution is 2.11. The fourth-order valence-electron chi connectivity index (χ4n) is 2.82. The van der Waals surface area contributed by atoms with Crippen molar-refractivity contribution >= 4 is 18.1 Å². The van der Waals surface area contributed by atoms with Gasteiger partial charge in [0.2, 0.25) is 6.41 Å². The number of nitrogens with one attached hydrogen (secondary N) is 1. The first kappa shape index (κ1) is 17.8. The molecule has 1 aliphatic rings. The highest BCUT2D eigenvalue weighted by Gasteiger charge is 2.21. The van der Waals surface area contributed by atoms with Crippen LogP contribution < -0.4 is 5.32 Å². The number of aromatic nitrogens is 1.